The van der Waals surface area contributed by atoms with Gasteiger partial charge in [-0.15, -0.1) is 11.8 Å². The number of nitriles is 1. The van der Waals surface area contributed by atoms with Crippen molar-refractivity contribution < 1.29 is 27.1 Å². The molecule has 1 aromatic carbocycles. The topological polar surface area (TPSA) is 113 Å². The number of carbonyl (C=O) groups excluding carboxylic acids is 1. The number of amides is 1. The third-order valence-electron chi connectivity index (χ3n) is 4.59. The van der Waals surface area contributed by atoms with Gasteiger partial charge in [0.15, 0.2) is 22.6 Å². The van der Waals surface area contributed by atoms with Crippen molar-refractivity contribution in [1.82, 2.24) is 4.98 Å². The van der Waals surface area contributed by atoms with E-state index in [1.807, 2.05) is 6.07 Å². The van der Waals surface area contributed by atoms with Gasteiger partial charge in [-0.05, 0) is 18.2 Å². The van der Waals surface area contributed by atoms with Crippen LogP contribution in [0.5, 0.6) is 0 Å². The van der Waals surface area contributed by atoms with E-state index < -0.39 is 51.8 Å². The van der Waals surface area contributed by atoms with Gasteiger partial charge >= 0.3 is 0 Å². The fraction of sp³-hybridized carbons (Fsp3) is 0.222. The second kappa shape index (κ2) is 7.17. The number of hydrogen-bond donors (Lipinski definition) is 2. The SMILES string of the molecule is N#Cc1ccc(C(=O)Nc2cc(F)c(F)c([C@@]3(C(F)F)N=C(N)O[C@@H]4S[C@@H]43)c2)nc1. The Labute approximate surface area is 170 Å². The predicted molar refractivity (Wildman–Crippen MR) is 98.8 cm³/mol. The highest BCUT2D eigenvalue weighted by Crippen LogP contribution is 2.59. The van der Waals surface area contributed by atoms with Crippen LogP contribution in [0.4, 0.5) is 23.2 Å². The number of alkyl halides is 2. The van der Waals surface area contributed by atoms with Gasteiger partial charge in [0.1, 0.15) is 11.8 Å². The van der Waals surface area contributed by atoms with E-state index in [-0.39, 0.29) is 16.9 Å². The lowest BCUT2D eigenvalue weighted by Gasteiger charge is -2.32. The number of anilines is 1. The van der Waals surface area contributed by atoms with Gasteiger partial charge in [-0.2, -0.15) is 5.26 Å². The fourth-order valence-electron chi connectivity index (χ4n) is 3.14. The molecule has 1 amide bonds. The van der Waals surface area contributed by atoms with Crippen molar-refractivity contribution in [2.75, 3.05) is 5.32 Å². The van der Waals surface area contributed by atoms with Crippen LogP contribution in [-0.2, 0) is 10.3 Å². The summed E-state index contributed by atoms with van der Waals surface area (Å²) in [7, 11) is 0. The first-order chi connectivity index (χ1) is 14.3. The summed E-state index contributed by atoms with van der Waals surface area (Å²) in [5, 5.41) is 10.1. The van der Waals surface area contributed by atoms with Gasteiger partial charge in [0.25, 0.3) is 18.4 Å². The number of thioether (sulfide) groups is 1. The molecule has 0 bridgehead atoms. The lowest BCUT2D eigenvalue weighted by molar-refractivity contribution is 0.0348. The highest BCUT2D eigenvalue weighted by molar-refractivity contribution is 8.07. The molecule has 2 aliphatic rings. The Kier molecular flexibility index (Phi) is 4.77. The Bertz CT molecular complexity index is 1100. The lowest BCUT2D eigenvalue weighted by Crippen LogP contribution is -2.46. The van der Waals surface area contributed by atoms with Crippen molar-refractivity contribution >= 4 is 29.4 Å². The number of hydrogen-bond acceptors (Lipinski definition) is 7. The molecule has 0 radical (unpaired) electrons. The summed E-state index contributed by atoms with van der Waals surface area (Å²) in [6.07, 6.45) is -2.07. The van der Waals surface area contributed by atoms with Gasteiger partial charge in [0.2, 0.25) is 0 Å². The minimum Gasteiger partial charge on any atom is -0.450 e. The summed E-state index contributed by atoms with van der Waals surface area (Å²) in [5.74, 6) is -3.77. The van der Waals surface area contributed by atoms with Crippen LogP contribution < -0.4 is 11.1 Å². The normalized spacial score (nSPS) is 24.3. The minimum absolute atomic E-state index is 0.116. The zero-order valence-electron chi connectivity index (χ0n) is 14.8. The molecule has 1 aromatic heterocycles. The lowest BCUT2D eigenvalue weighted by atomic mass is 9.86. The van der Waals surface area contributed by atoms with Gasteiger partial charge in [-0.3, -0.25) is 4.79 Å². The van der Waals surface area contributed by atoms with Crippen LogP contribution in [0.1, 0.15) is 21.6 Å². The van der Waals surface area contributed by atoms with Crippen molar-refractivity contribution in [3.8, 4) is 6.07 Å². The Balaban J connectivity index is 1.73. The number of rotatable bonds is 4. The number of nitrogens with two attached hydrogens (primary N) is 1. The average Bonchev–Trinajstić information content (AvgIpc) is 3.49. The predicted octanol–water partition coefficient (Wildman–Crippen LogP) is 2.73. The Hall–Kier alpha value is -3.33. The van der Waals surface area contributed by atoms with Crippen molar-refractivity contribution in [2.45, 2.75) is 22.7 Å². The summed E-state index contributed by atoms with van der Waals surface area (Å²) >= 11 is 0.958. The molecule has 30 heavy (non-hydrogen) atoms. The quantitative estimate of drug-likeness (QED) is 0.562. The van der Waals surface area contributed by atoms with Crippen molar-refractivity contribution in [3.05, 3.63) is 58.9 Å². The van der Waals surface area contributed by atoms with Gasteiger partial charge in [0.05, 0.1) is 10.8 Å². The molecule has 12 heteroatoms. The first kappa shape index (κ1) is 20.0. The summed E-state index contributed by atoms with van der Waals surface area (Å²) in [5.41, 5.74) is 1.34. The second-order valence-corrected chi connectivity index (χ2v) is 7.68. The molecule has 2 aliphatic heterocycles. The van der Waals surface area contributed by atoms with E-state index in [2.05, 4.69) is 15.3 Å². The molecule has 7 nitrogen and oxygen atoms in total. The Morgan fingerprint density at radius 3 is 2.77 bits per heavy atom. The third kappa shape index (κ3) is 3.21. The van der Waals surface area contributed by atoms with E-state index in [9.17, 15) is 22.4 Å². The number of benzene rings is 1. The molecule has 0 saturated carbocycles. The number of aliphatic imine (C=N–C) groups is 1. The van der Waals surface area contributed by atoms with Crippen molar-refractivity contribution in [3.63, 3.8) is 0 Å². The van der Waals surface area contributed by atoms with Crippen molar-refractivity contribution in [1.29, 1.82) is 5.26 Å². The maximum atomic E-state index is 14.6. The number of pyridine rings is 1. The first-order valence-corrected chi connectivity index (χ1v) is 9.33. The van der Waals surface area contributed by atoms with Crippen LogP contribution in [0.2, 0.25) is 0 Å². The zero-order chi connectivity index (χ0) is 21.6. The number of ether oxygens (including phenoxy) is 1. The highest BCUT2D eigenvalue weighted by atomic mass is 32.2. The number of nitrogens with one attached hydrogen (secondary N) is 1. The molecule has 3 heterocycles. The van der Waals surface area contributed by atoms with Gasteiger partial charge in [-0.1, -0.05) is 0 Å². The first-order valence-electron chi connectivity index (χ1n) is 8.39. The zero-order valence-corrected chi connectivity index (χ0v) is 15.6. The number of nitrogens with zero attached hydrogens (tertiary/aromatic N) is 3. The fourth-order valence-corrected chi connectivity index (χ4v) is 4.24. The molecule has 0 aliphatic carbocycles. The molecule has 4 rings (SSSR count). The maximum absolute atomic E-state index is 14.6. The highest BCUT2D eigenvalue weighted by Gasteiger charge is 2.65. The van der Waals surface area contributed by atoms with Crippen LogP contribution in [-0.4, -0.2) is 34.0 Å². The number of halogens is 4. The molecule has 0 unspecified atom stereocenters. The number of amidine groups is 1. The van der Waals surface area contributed by atoms with Crippen LogP contribution in [0.3, 0.4) is 0 Å². The third-order valence-corrected chi connectivity index (χ3v) is 5.81. The van der Waals surface area contributed by atoms with Gasteiger partial charge in [0, 0.05) is 23.5 Å². The molecule has 3 atom stereocenters. The number of aromatic nitrogens is 1. The van der Waals surface area contributed by atoms with E-state index in [4.69, 9.17) is 15.7 Å². The minimum atomic E-state index is -3.22. The molecular formula is C18H11F4N5O2S. The standard InChI is InChI=1S/C18H11F4N5O2S/c19-10-4-8(26-14(28)11-2-1-7(5-23)6-25-11)3-9(12(10)20)18(16(21)22)13-15(30-13)29-17(24)27-18/h1-4,6,13,15-16H,(H2,24,27)(H,26,28)/t13-,15+,18+/m0/s1. The summed E-state index contributed by atoms with van der Waals surface area (Å²) in [4.78, 5) is 19.8. The van der Waals surface area contributed by atoms with E-state index in [1.54, 1.807) is 0 Å². The van der Waals surface area contributed by atoms with Crippen molar-refractivity contribution in [2.24, 2.45) is 10.7 Å². The maximum Gasteiger partial charge on any atom is 0.284 e. The van der Waals surface area contributed by atoms with E-state index in [0.29, 0.717) is 6.07 Å². The summed E-state index contributed by atoms with van der Waals surface area (Å²) < 4.78 is 62.2. The van der Waals surface area contributed by atoms with E-state index >= 15 is 0 Å². The molecule has 1 saturated heterocycles. The summed E-state index contributed by atoms with van der Waals surface area (Å²) in [6.45, 7) is 0. The summed E-state index contributed by atoms with van der Waals surface area (Å²) in [6, 6.07) is 5.42. The molecule has 0 spiro atoms. The monoisotopic (exact) mass is 437 g/mol. The van der Waals surface area contributed by atoms with Crippen LogP contribution in [0.25, 0.3) is 0 Å². The van der Waals surface area contributed by atoms with E-state index in [1.165, 1.54) is 12.1 Å². The van der Waals surface area contributed by atoms with Crippen LogP contribution >= 0.6 is 11.8 Å². The molecule has 2 aromatic rings. The molecule has 1 fully saturated rings. The number of fused-ring (bicyclic) bond motifs is 1. The van der Waals surface area contributed by atoms with Gasteiger partial charge in [-0.25, -0.2) is 27.5 Å². The smallest absolute Gasteiger partial charge is 0.284 e. The van der Waals surface area contributed by atoms with Gasteiger partial charge < -0.3 is 15.8 Å². The second-order valence-electron chi connectivity index (χ2n) is 6.44. The Morgan fingerprint density at radius 1 is 1.37 bits per heavy atom. The number of carbonyl (C=O) groups is 1. The largest absolute Gasteiger partial charge is 0.450 e. The average molecular weight is 437 g/mol. The molecular weight excluding hydrogens is 426 g/mol. The molecule has 3 N–H and O–H groups in total. The Morgan fingerprint density at radius 2 is 2.13 bits per heavy atom. The van der Waals surface area contributed by atoms with Crippen LogP contribution in [0, 0.1) is 23.0 Å². The van der Waals surface area contributed by atoms with Crippen LogP contribution in [0.15, 0.2) is 35.5 Å². The molecule has 154 valence electrons. The van der Waals surface area contributed by atoms with E-state index in [0.717, 1.165) is 24.0 Å².